The normalized spacial score (nSPS) is 11.2. The molecular weight excluding hydrogens is 206 g/mol. The third-order valence-corrected chi connectivity index (χ3v) is 2.00. The number of halogens is 1. The van der Waals surface area contributed by atoms with E-state index < -0.39 is 0 Å². The zero-order chi connectivity index (χ0) is 10.6. The van der Waals surface area contributed by atoms with Gasteiger partial charge in [-0.3, -0.25) is 0 Å². The molecule has 0 aliphatic rings. The summed E-state index contributed by atoms with van der Waals surface area (Å²) in [6.07, 6.45) is 0. The third-order valence-electron chi connectivity index (χ3n) is 1.72. The van der Waals surface area contributed by atoms with Gasteiger partial charge in [0.2, 0.25) is 0 Å². The molecule has 0 aliphatic heterocycles. The average molecular weight is 216 g/mol. The molecule has 0 radical (unpaired) electrons. The van der Waals surface area contributed by atoms with Gasteiger partial charge in [0.05, 0.1) is 19.8 Å². The monoisotopic (exact) mass is 215 g/mol. The molecule has 0 unspecified atom stereocenters. The Morgan fingerprint density at radius 1 is 1.36 bits per heavy atom. The van der Waals surface area contributed by atoms with Gasteiger partial charge in [-0.15, -0.1) is 0 Å². The largest absolute Gasteiger partial charge is 0.497 e. The van der Waals surface area contributed by atoms with Gasteiger partial charge in [0, 0.05) is 6.07 Å². The Hall–Kier alpha value is -1.42. The van der Waals surface area contributed by atoms with Crippen molar-refractivity contribution in [3.63, 3.8) is 0 Å². The molecule has 0 aliphatic carbocycles. The van der Waals surface area contributed by atoms with E-state index in [1.54, 1.807) is 25.3 Å². The lowest BCUT2D eigenvalue weighted by Crippen LogP contribution is -1.97. The highest BCUT2D eigenvalue weighted by Crippen LogP contribution is 2.25. The maximum absolute atomic E-state index is 8.50. The summed E-state index contributed by atoms with van der Waals surface area (Å²) < 4.78 is 10.1. The Morgan fingerprint density at radius 3 is 2.57 bits per heavy atom. The Bertz CT molecular complexity index is 352. The van der Waals surface area contributed by atoms with E-state index in [0.29, 0.717) is 17.1 Å². The minimum atomic E-state index is -0.0236. The van der Waals surface area contributed by atoms with E-state index in [1.807, 2.05) is 0 Å². The van der Waals surface area contributed by atoms with Crippen molar-refractivity contribution in [2.45, 2.75) is 0 Å². The number of oxime groups is 1. The summed E-state index contributed by atoms with van der Waals surface area (Å²) >= 11 is 5.65. The summed E-state index contributed by atoms with van der Waals surface area (Å²) in [6.45, 7) is 0. The van der Waals surface area contributed by atoms with Crippen molar-refractivity contribution in [1.82, 2.24) is 0 Å². The number of methoxy groups -OCH3 is 2. The molecule has 0 fully saturated rings. The number of rotatable bonds is 3. The van der Waals surface area contributed by atoms with Crippen LogP contribution in [0.25, 0.3) is 0 Å². The first kappa shape index (κ1) is 10.7. The van der Waals surface area contributed by atoms with Gasteiger partial charge >= 0.3 is 0 Å². The summed E-state index contributed by atoms with van der Waals surface area (Å²) in [4.78, 5) is 0. The topological polar surface area (TPSA) is 51.0 Å². The van der Waals surface area contributed by atoms with Crippen LogP contribution in [0.2, 0.25) is 0 Å². The minimum absolute atomic E-state index is 0.0236. The van der Waals surface area contributed by atoms with Crippen LogP contribution < -0.4 is 9.47 Å². The van der Waals surface area contributed by atoms with Gasteiger partial charge in [0.1, 0.15) is 11.5 Å². The fraction of sp³-hybridized carbons (Fsp3) is 0.222. The van der Waals surface area contributed by atoms with Gasteiger partial charge in [-0.1, -0.05) is 16.8 Å². The summed E-state index contributed by atoms with van der Waals surface area (Å²) in [6, 6.07) is 5.01. The summed E-state index contributed by atoms with van der Waals surface area (Å²) in [5, 5.41) is 11.4. The predicted molar refractivity (Wildman–Crippen MR) is 53.7 cm³/mol. The highest BCUT2D eigenvalue weighted by molar-refractivity contribution is 6.69. The molecule has 0 heterocycles. The minimum Gasteiger partial charge on any atom is -0.497 e. The van der Waals surface area contributed by atoms with E-state index in [4.69, 9.17) is 26.3 Å². The highest BCUT2D eigenvalue weighted by Gasteiger charge is 2.09. The van der Waals surface area contributed by atoms with Crippen LogP contribution in [0.5, 0.6) is 11.5 Å². The zero-order valence-electron chi connectivity index (χ0n) is 7.82. The molecular formula is C9H10ClNO3. The summed E-state index contributed by atoms with van der Waals surface area (Å²) in [7, 11) is 3.05. The fourth-order valence-electron chi connectivity index (χ4n) is 1.02. The molecule has 1 rings (SSSR count). The highest BCUT2D eigenvalue weighted by atomic mass is 35.5. The smallest absolute Gasteiger partial charge is 0.179 e. The molecule has 14 heavy (non-hydrogen) atoms. The number of nitrogens with zero attached hydrogens (tertiary/aromatic N) is 1. The van der Waals surface area contributed by atoms with E-state index in [9.17, 15) is 0 Å². The molecule has 0 atom stereocenters. The van der Waals surface area contributed by atoms with Crippen LogP contribution in [0.1, 0.15) is 5.56 Å². The van der Waals surface area contributed by atoms with Crippen LogP contribution in [0.15, 0.2) is 23.4 Å². The van der Waals surface area contributed by atoms with E-state index in [1.165, 1.54) is 7.11 Å². The molecule has 0 bridgehead atoms. The van der Waals surface area contributed by atoms with Crippen molar-refractivity contribution in [3.8, 4) is 11.5 Å². The van der Waals surface area contributed by atoms with Crippen LogP contribution in [0, 0.1) is 0 Å². The lowest BCUT2D eigenvalue weighted by atomic mass is 10.2. The lowest BCUT2D eigenvalue weighted by Gasteiger charge is -2.07. The predicted octanol–water partition coefficient (Wildman–Crippen LogP) is 2.08. The summed E-state index contributed by atoms with van der Waals surface area (Å²) in [5.74, 6) is 1.14. The van der Waals surface area contributed by atoms with Crippen LogP contribution in [-0.4, -0.2) is 24.6 Å². The standard InChI is InChI=1S/C9H10ClNO3/c1-13-6-3-4-7(9(10)11-12)8(5-6)14-2/h3-5,12H,1-2H3/b11-9-. The van der Waals surface area contributed by atoms with E-state index in [0.717, 1.165) is 0 Å². The van der Waals surface area contributed by atoms with Crippen molar-refractivity contribution in [1.29, 1.82) is 0 Å². The lowest BCUT2D eigenvalue weighted by molar-refractivity contribution is 0.320. The third kappa shape index (κ3) is 2.09. The average Bonchev–Trinajstić information content (AvgIpc) is 2.27. The van der Waals surface area contributed by atoms with E-state index in [-0.39, 0.29) is 5.17 Å². The molecule has 1 aromatic rings. The second-order valence-corrected chi connectivity index (χ2v) is 2.82. The SMILES string of the molecule is COc1ccc(/C(Cl)=N/O)c(OC)c1. The number of ether oxygens (including phenoxy) is 2. The molecule has 0 saturated heterocycles. The molecule has 0 saturated carbocycles. The van der Waals surface area contributed by atoms with Crippen molar-refractivity contribution in [3.05, 3.63) is 23.8 Å². The first-order valence-corrected chi connectivity index (χ1v) is 4.20. The maximum Gasteiger partial charge on any atom is 0.179 e. The second kappa shape index (κ2) is 4.72. The Morgan fingerprint density at radius 2 is 2.07 bits per heavy atom. The molecule has 0 spiro atoms. The molecule has 0 aromatic heterocycles. The van der Waals surface area contributed by atoms with Crippen molar-refractivity contribution in [2.75, 3.05) is 14.2 Å². The van der Waals surface area contributed by atoms with Crippen LogP contribution >= 0.6 is 11.6 Å². The van der Waals surface area contributed by atoms with Crippen molar-refractivity contribution in [2.24, 2.45) is 5.16 Å². The van der Waals surface area contributed by atoms with E-state index in [2.05, 4.69) is 5.16 Å². The van der Waals surface area contributed by atoms with Gasteiger partial charge in [0.25, 0.3) is 0 Å². The molecule has 76 valence electrons. The Labute approximate surface area is 86.7 Å². The number of hydrogen-bond donors (Lipinski definition) is 1. The van der Waals surface area contributed by atoms with Crippen LogP contribution in [0.3, 0.4) is 0 Å². The van der Waals surface area contributed by atoms with Gasteiger partial charge in [-0.25, -0.2) is 0 Å². The van der Waals surface area contributed by atoms with Crippen LogP contribution in [-0.2, 0) is 0 Å². The molecule has 0 amide bonds. The first-order chi connectivity index (χ1) is 6.72. The summed E-state index contributed by atoms with van der Waals surface area (Å²) in [5.41, 5.74) is 0.512. The van der Waals surface area contributed by atoms with Gasteiger partial charge < -0.3 is 14.7 Å². The molecule has 1 N–H and O–H groups in total. The molecule has 5 heteroatoms. The van der Waals surface area contributed by atoms with E-state index >= 15 is 0 Å². The number of benzene rings is 1. The van der Waals surface area contributed by atoms with Gasteiger partial charge in [-0.2, -0.15) is 0 Å². The quantitative estimate of drug-likeness (QED) is 0.477. The van der Waals surface area contributed by atoms with Crippen LogP contribution in [0.4, 0.5) is 0 Å². The van der Waals surface area contributed by atoms with Gasteiger partial charge in [0.15, 0.2) is 5.17 Å². The maximum atomic E-state index is 8.50. The molecule has 1 aromatic carbocycles. The fourth-order valence-corrected chi connectivity index (χ4v) is 1.18. The first-order valence-electron chi connectivity index (χ1n) is 3.83. The Kier molecular flexibility index (Phi) is 3.59. The second-order valence-electron chi connectivity index (χ2n) is 2.46. The van der Waals surface area contributed by atoms with Crippen molar-refractivity contribution >= 4 is 16.8 Å². The Balaban J connectivity index is 3.18. The number of hydrogen-bond acceptors (Lipinski definition) is 4. The molecule has 4 nitrogen and oxygen atoms in total. The van der Waals surface area contributed by atoms with Gasteiger partial charge in [-0.05, 0) is 12.1 Å². The zero-order valence-corrected chi connectivity index (χ0v) is 8.58. The van der Waals surface area contributed by atoms with Crippen molar-refractivity contribution < 1.29 is 14.7 Å².